The van der Waals surface area contributed by atoms with Crippen LogP contribution in [-0.2, 0) is 5.88 Å². The quantitative estimate of drug-likeness (QED) is 0.747. The first-order chi connectivity index (χ1) is 5.16. The van der Waals surface area contributed by atoms with Crippen LogP contribution in [0, 0.1) is 5.82 Å². The van der Waals surface area contributed by atoms with Crippen LogP contribution in [0.15, 0.2) is 16.6 Å². The molecule has 1 aromatic rings. The predicted molar refractivity (Wildman–Crippen MR) is 45.3 cm³/mol. The van der Waals surface area contributed by atoms with Crippen LogP contribution in [0.2, 0.25) is 0 Å². The molecular formula is C7H5BrClFO. The molecule has 0 aliphatic rings. The maximum Gasteiger partial charge on any atom is 0.137 e. The summed E-state index contributed by atoms with van der Waals surface area (Å²) < 4.78 is 13.0. The molecular weight excluding hydrogens is 234 g/mol. The molecule has 0 aliphatic heterocycles. The summed E-state index contributed by atoms with van der Waals surface area (Å²) in [6.45, 7) is 0. The SMILES string of the molecule is Oc1ccc(F)c(Br)c1CCl. The molecule has 0 saturated heterocycles. The van der Waals surface area contributed by atoms with Gasteiger partial charge < -0.3 is 5.11 Å². The minimum Gasteiger partial charge on any atom is -0.508 e. The first-order valence-corrected chi connectivity index (χ1v) is 4.21. The Balaban J connectivity index is 3.29. The van der Waals surface area contributed by atoms with Crippen LogP contribution in [0.3, 0.4) is 0 Å². The van der Waals surface area contributed by atoms with E-state index < -0.39 is 5.82 Å². The van der Waals surface area contributed by atoms with Gasteiger partial charge >= 0.3 is 0 Å². The second kappa shape index (κ2) is 3.41. The van der Waals surface area contributed by atoms with Crippen molar-refractivity contribution in [2.75, 3.05) is 0 Å². The van der Waals surface area contributed by atoms with E-state index >= 15 is 0 Å². The standard InChI is InChI=1S/C7H5BrClFO/c8-7-4(3-9)6(11)2-1-5(7)10/h1-2,11H,3H2. The number of benzene rings is 1. The Kier molecular flexibility index (Phi) is 2.73. The molecule has 1 N–H and O–H groups in total. The summed E-state index contributed by atoms with van der Waals surface area (Å²) in [5.41, 5.74) is 0.381. The molecule has 0 radical (unpaired) electrons. The van der Waals surface area contributed by atoms with Crippen LogP contribution in [0.4, 0.5) is 4.39 Å². The third kappa shape index (κ3) is 1.65. The van der Waals surface area contributed by atoms with Gasteiger partial charge in [-0.25, -0.2) is 4.39 Å². The molecule has 0 aliphatic carbocycles. The van der Waals surface area contributed by atoms with Crippen molar-refractivity contribution in [2.24, 2.45) is 0 Å². The molecule has 60 valence electrons. The molecule has 0 fully saturated rings. The van der Waals surface area contributed by atoms with Crippen LogP contribution in [-0.4, -0.2) is 5.11 Å². The van der Waals surface area contributed by atoms with Gasteiger partial charge in [0.15, 0.2) is 0 Å². The molecule has 1 nitrogen and oxygen atoms in total. The molecule has 0 atom stereocenters. The van der Waals surface area contributed by atoms with Gasteiger partial charge in [0.25, 0.3) is 0 Å². The highest BCUT2D eigenvalue weighted by molar-refractivity contribution is 9.10. The number of phenols is 1. The summed E-state index contributed by atoms with van der Waals surface area (Å²) in [6, 6.07) is 2.45. The molecule has 0 amide bonds. The smallest absolute Gasteiger partial charge is 0.137 e. The summed E-state index contributed by atoms with van der Waals surface area (Å²) in [7, 11) is 0. The third-order valence-electron chi connectivity index (χ3n) is 1.30. The van der Waals surface area contributed by atoms with Crippen LogP contribution in [0.25, 0.3) is 0 Å². The van der Waals surface area contributed by atoms with Gasteiger partial charge in [0.1, 0.15) is 11.6 Å². The van der Waals surface area contributed by atoms with Crippen LogP contribution in [0.5, 0.6) is 5.75 Å². The first-order valence-electron chi connectivity index (χ1n) is 2.88. The minimum atomic E-state index is -0.418. The monoisotopic (exact) mass is 238 g/mol. The number of alkyl halides is 1. The fourth-order valence-corrected chi connectivity index (χ4v) is 1.62. The van der Waals surface area contributed by atoms with E-state index in [-0.39, 0.29) is 16.1 Å². The van der Waals surface area contributed by atoms with E-state index in [0.29, 0.717) is 5.56 Å². The number of hydrogen-bond donors (Lipinski definition) is 1. The van der Waals surface area contributed by atoms with Crippen molar-refractivity contribution < 1.29 is 9.50 Å². The zero-order valence-electron chi connectivity index (χ0n) is 5.44. The predicted octanol–water partition coefficient (Wildman–Crippen LogP) is 3.03. The topological polar surface area (TPSA) is 20.2 Å². The third-order valence-corrected chi connectivity index (χ3v) is 2.43. The van der Waals surface area contributed by atoms with Crippen molar-refractivity contribution >= 4 is 27.5 Å². The maximum atomic E-state index is 12.7. The summed E-state index contributed by atoms with van der Waals surface area (Å²) in [6.07, 6.45) is 0. The molecule has 4 heteroatoms. The van der Waals surface area contributed by atoms with Gasteiger partial charge in [0.2, 0.25) is 0 Å². The molecule has 0 spiro atoms. The van der Waals surface area contributed by atoms with Gasteiger partial charge in [-0.05, 0) is 28.1 Å². The van der Waals surface area contributed by atoms with Gasteiger partial charge in [-0.3, -0.25) is 0 Å². The second-order valence-electron chi connectivity index (χ2n) is 1.99. The van der Waals surface area contributed by atoms with E-state index in [2.05, 4.69) is 15.9 Å². The van der Waals surface area contributed by atoms with Gasteiger partial charge in [-0.15, -0.1) is 11.6 Å². The van der Waals surface area contributed by atoms with Crippen molar-refractivity contribution in [1.82, 2.24) is 0 Å². The summed E-state index contributed by atoms with van der Waals surface area (Å²) >= 11 is 8.42. The summed E-state index contributed by atoms with van der Waals surface area (Å²) in [4.78, 5) is 0. The van der Waals surface area contributed by atoms with Gasteiger partial charge in [0, 0.05) is 5.56 Å². The fourth-order valence-electron chi connectivity index (χ4n) is 0.710. The highest BCUT2D eigenvalue weighted by Gasteiger charge is 2.08. The lowest BCUT2D eigenvalue weighted by atomic mass is 10.2. The number of hydrogen-bond acceptors (Lipinski definition) is 1. The second-order valence-corrected chi connectivity index (χ2v) is 3.05. The lowest BCUT2D eigenvalue weighted by Crippen LogP contribution is -1.85. The molecule has 11 heavy (non-hydrogen) atoms. The summed E-state index contributed by atoms with van der Waals surface area (Å²) in [5.74, 6) is -0.323. The zero-order valence-corrected chi connectivity index (χ0v) is 7.78. The lowest BCUT2D eigenvalue weighted by molar-refractivity contribution is 0.467. The van der Waals surface area contributed by atoms with Gasteiger partial charge in [0.05, 0.1) is 10.4 Å². The van der Waals surface area contributed by atoms with E-state index in [1.807, 2.05) is 0 Å². The van der Waals surface area contributed by atoms with Crippen molar-refractivity contribution in [1.29, 1.82) is 0 Å². The Morgan fingerprint density at radius 3 is 2.64 bits per heavy atom. The normalized spacial score (nSPS) is 10.1. The molecule has 0 unspecified atom stereocenters. The number of halogens is 3. The van der Waals surface area contributed by atoms with Crippen molar-refractivity contribution in [3.8, 4) is 5.75 Å². The number of phenolic OH excluding ortho intramolecular Hbond substituents is 1. The van der Waals surface area contributed by atoms with E-state index in [1.165, 1.54) is 12.1 Å². The highest BCUT2D eigenvalue weighted by atomic mass is 79.9. The van der Waals surface area contributed by atoms with E-state index in [1.54, 1.807) is 0 Å². The Hall–Kier alpha value is -0.280. The van der Waals surface area contributed by atoms with Gasteiger partial charge in [-0.1, -0.05) is 0 Å². The Labute approximate surface area is 76.9 Å². The molecule has 1 aromatic carbocycles. The maximum absolute atomic E-state index is 12.7. The van der Waals surface area contributed by atoms with Crippen molar-refractivity contribution in [2.45, 2.75) is 5.88 Å². The fraction of sp³-hybridized carbons (Fsp3) is 0.143. The average molecular weight is 239 g/mol. The Morgan fingerprint density at radius 1 is 1.55 bits per heavy atom. The lowest BCUT2D eigenvalue weighted by Gasteiger charge is -2.03. The molecule has 0 bridgehead atoms. The zero-order chi connectivity index (χ0) is 8.43. The molecule has 0 aromatic heterocycles. The van der Waals surface area contributed by atoms with Crippen molar-refractivity contribution in [3.05, 3.63) is 28.0 Å². The van der Waals surface area contributed by atoms with Crippen LogP contribution < -0.4 is 0 Å². The van der Waals surface area contributed by atoms with E-state index in [9.17, 15) is 4.39 Å². The Morgan fingerprint density at radius 2 is 2.18 bits per heavy atom. The van der Waals surface area contributed by atoms with Crippen LogP contribution >= 0.6 is 27.5 Å². The first kappa shape index (κ1) is 8.81. The van der Waals surface area contributed by atoms with E-state index in [4.69, 9.17) is 16.7 Å². The minimum absolute atomic E-state index is 0.00766. The van der Waals surface area contributed by atoms with Gasteiger partial charge in [-0.2, -0.15) is 0 Å². The van der Waals surface area contributed by atoms with Crippen molar-refractivity contribution in [3.63, 3.8) is 0 Å². The largest absolute Gasteiger partial charge is 0.508 e. The number of rotatable bonds is 1. The molecule has 0 saturated carbocycles. The number of aromatic hydroxyl groups is 1. The van der Waals surface area contributed by atoms with E-state index in [0.717, 1.165) is 0 Å². The highest BCUT2D eigenvalue weighted by Crippen LogP contribution is 2.29. The summed E-state index contributed by atoms with van der Waals surface area (Å²) in [5, 5.41) is 9.13. The Bertz CT molecular complexity index is 277. The van der Waals surface area contributed by atoms with Crippen LogP contribution in [0.1, 0.15) is 5.56 Å². The molecule has 1 rings (SSSR count). The average Bonchev–Trinajstić information content (AvgIpc) is 1.99. The molecule has 0 heterocycles.